The van der Waals surface area contributed by atoms with Crippen LogP contribution in [0.15, 0.2) is 36.4 Å². The molecule has 1 N–H and O–H groups in total. The van der Waals surface area contributed by atoms with Crippen LogP contribution < -0.4 is 9.62 Å². The van der Waals surface area contributed by atoms with E-state index in [1.165, 1.54) is 5.56 Å². The van der Waals surface area contributed by atoms with Gasteiger partial charge in [0.1, 0.15) is 0 Å². The molecule has 164 valence electrons. The SMILES string of the molecule is CCCS(=O)(=O)Nc1cc(N2CCN(CC)CC2)cc(-c2ccccc2CC)c1Cl. The maximum absolute atomic E-state index is 12.5. The fraction of sp³-hybridized carbons (Fsp3) is 0.478. The average molecular weight is 450 g/mol. The first-order valence-electron chi connectivity index (χ1n) is 10.8. The number of piperazine rings is 1. The van der Waals surface area contributed by atoms with Gasteiger partial charge in [-0.2, -0.15) is 0 Å². The van der Waals surface area contributed by atoms with Crippen LogP contribution in [0.2, 0.25) is 5.02 Å². The summed E-state index contributed by atoms with van der Waals surface area (Å²) in [6.45, 7) is 11.0. The second-order valence-electron chi connectivity index (χ2n) is 7.71. The number of hydrogen-bond donors (Lipinski definition) is 1. The van der Waals surface area contributed by atoms with Crippen LogP contribution >= 0.6 is 11.6 Å². The third-order valence-corrected chi connectivity index (χ3v) is 7.55. The van der Waals surface area contributed by atoms with E-state index in [1.54, 1.807) is 0 Å². The Morgan fingerprint density at radius 1 is 1.00 bits per heavy atom. The molecule has 0 unspecified atom stereocenters. The number of rotatable bonds is 8. The van der Waals surface area contributed by atoms with Gasteiger partial charge in [0.25, 0.3) is 0 Å². The minimum absolute atomic E-state index is 0.0730. The van der Waals surface area contributed by atoms with Gasteiger partial charge in [0.2, 0.25) is 10.0 Å². The standard InChI is InChI=1S/C23H32ClN3O2S/c1-4-15-30(28,29)25-22-17-19(27-13-11-26(6-3)12-14-27)16-21(23(22)24)20-10-8-7-9-18(20)5-2/h7-10,16-17,25H,4-6,11-15H2,1-3H3. The number of sulfonamides is 1. The number of likely N-dealkylation sites (N-methyl/N-ethyl adjacent to an activating group) is 1. The van der Waals surface area contributed by atoms with Crippen molar-refractivity contribution in [2.24, 2.45) is 0 Å². The molecule has 0 atom stereocenters. The van der Waals surface area contributed by atoms with Crippen molar-refractivity contribution in [3.05, 3.63) is 47.0 Å². The van der Waals surface area contributed by atoms with Crippen LogP contribution in [0.1, 0.15) is 32.8 Å². The first-order valence-corrected chi connectivity index (χ1v) is 12.8. The van der Waals surface area contributed by atoms with Gasteiger partial charge in [-0.25, -0.2) is 8.42 Å². The van der Waals surface area contributed by atoms with Crippen LogP contribution in [0.3, 0.4) is 0 Å². The highest BCUT2D eigenvalue weighted by Crippen LogP contribution is 2.40. The third-order valence-electron chi connectivity index (χ3n) is 5.67. The number of hydrogen-bond acceptors (Lipinski definition) is 4. The second kappa shape index (κ2) is 10.0. The predicted octanol–water partition coefficient (Wildman–Crippen LogP) is 4.86. The third kappa shape index (κ3) is 5.29. The predicted molar refractivity (Wildman–Crippen MR) is 128 cm³/mol. The molecule has 0 aliphatic carbocycles. The zero-order chi connectivity index (χ0) is 21.7. The minimum atomic E-state index is -3.44. The molecular formula is C23H32ClN3O2S. The smallest absolute Gasteiger partial charge is 0.232 e. The summed E-state index contributed by atoms with van der Waals surface area (Å²) < 4.78 is 27.7. The van der Waals surface area contributed by atoms with Crippen molar-refractivity contribution in [2.45, 2.75) is 33.6 Å². The monoisotopic (exact) mass is 449 g/mol. The van der Waals surface area contributed by atoms with E-state index in [2.05, 4.69) is 46.6 Å². The van der Waals surface area contributed by atoms with Crippen molar-refractivity contribution in [1.29, 1.82) is 0 Å². The van der Waals surface area contributed by atoms with E-state index in [0.29, 0.717) is 17.1 Å². The molecule has 1 aliphatic heterocycles. The Hall–Kier alpha value is -1.76. The molecule has 2 aromatic carbocycles. The summed E-state index contributed by atoms with van der Waals surface area (Å²) in [6.07, 6.45) is 1.43. The van der Waals surface area contributed by atoms with Gasteiger partial charge in [-0.05, 0) is 42.6 Å². The Morgan fingerprint density at radius 2 is 1.70 bits per heavy atom. The average Bonchev–Trinajstić information content (AvgIpc) is 2.75. The van der Waals surface area contributed by atoms with Crippen molar-refractivity contribution < 1.29 is 8.42 Å². The van der Waals surface area contributed by atoms with Gasteiger partial charge in [0, 0.05) is 37.4 Å². The molecular weight excluding hydrogens is 418 g/mol. The van der Waals surface area contributed by atoms with Crippen molar-refractivity contribution >= 4 is 33.0 Å². The first-order chi connectivity index (χ1) is 14.4. The molecule has 0 aromatic heterocycles. The normalized spacial score (nSPS) is 15.4. The van der Waals surface area contributed by atoms with Crippen LogP contribution in [0.5, 0.6) is 0 Å². The molecule has 0 radical (unpaired) electrons. The van der Waals surface area contributed by atoms with Gasteiger partial charge < -0.3 is 9.80 Å². The lowest BCUT2D eigenvalue weighted by Gasteiger charge is -2.36. The molecule has 30 heavy (non-hydrogen) atoms. The zero-order valence-electron chi connectivity index (χ0n) is 18.1. The Balaban J connectivity index is 2.08. The second-order valence-corrected chi connectivity index (χ2v) is 9.93. The molecule has 0 saturated carbocycles. The lowest BCUT2D eigenvalue weighted by atomic mass is 9.97. The summed E-state index contributed by atoms with van der Waals surface area (Å²) in [4.78, 5) is 4.74. The quantitative estimate of drug-likeness (QED) is 0.625. The molecule has 2 aromatic rings. The Morgan fingerprint density at radius 3 is 2.33 bits per heavy atom. The van der Waals surface area contributed by atoms with E-state index in [1.807, 2.05) is 25.1 Å². The van der Waals surface area contributed by atoms with Crippen molar-refractivity contribution in [3.8, 4) is 11.1 Å². The Bertz CT molecular complexity index is 970. The number of anilines is 2. The van der Waals surface area contributed by atoms with Crippen LogP contribution in [-0.2, 0) is 16.4 Å². The molecule has 7 heteroatoms. The summed E-state index contributed by atoms with van der Waals surface area (Å²) in [7, 11) is -3.44. The molecule has 1 heterocycles. The van der Waals surface area contributed by atoms with Crippen LogP contribution in [0, 0.1) is 0 Å². The number of aryl methyl sites for hydroxylation is 1. The molecule has 0 bridgehead atoms. The maximum atomic E-state index is 12.5. The lowest BCUT2D eigenvalue weighted by Crippen LogP contribution is -2.46. The summed E-state index contributed by atoms with van der Waals surface area (Å²) in [5, 5.41) is 0.450. The highest BCUT2D eigenvalue weighted by Gasteiger charge is 2.21. The van der Waals surface area contributed by atoms with E-state index in [9.17, 15) is 8.42 Å². The van der Waals surface area contributed by atoms with Crippen LogP contribution in [0.4, 0.5) is 11.4 Å². The van der Waals surface area contributed by atoms with Crippen molar-refractivity contribution in [3.63, 3.8) is 0 Å². The van der Waals surface area contributed by atoms with Gasteiger partial charge in [0.05, 0.1) is 16.5 Å². The number of nitrogens with one attached hydrogen (secondary N) is 1. The molecule has 3 rings (SSSR count). The van der Waals surface area contributed by atoms with E-state index in [0.717, 1.165) is 56.0 Å². The van der Waals surface area contributed by atoms with Crippen molar-refractivity contribution in [2.75, 3.05) is 48.1 Å². The molecule has 0 spiro atoms. The van der Waals surface area contributed by atoms with Gasteiger partial charge in [-0.15, -0.1) is 0 Å². The summed E-state index contributed by atoms with van der Waals surface area (Å²) in [5.74, 6) is 0.0730. The van der Waals surface area contributed by atoms with Gasteiger partial charge in [0.15, 0.2) is 0 Å². The summed E-state index contributed by atoms with van der Waals surface area (Å²) in [5.41, 5.74) is 4.58. The molecule has 1 fully saturated rings. The fourth-order valence-electron chi connectivity index (χ4n) is 3.96. The first kappa shape index (κ1) is 22.9. The van der Waals surface area contributed by atoms with Gasteiger partial charge in [-0.1, -0.05) is 56.6 Å². The number of nitrogens with zero attached hydrogens (tertiary/aromatic N) is 2. The Kier molecular flexibility index (Phi) is 7.66. The minimum Gasteiger partial charge on any atom is -0.369 e. The van der Waals surface area contributed by atoms with Crippen molar-refractivity contribution in [1.82, 2.24) is 4.90 Å². The topological polar surface area (TPSA) is 52.7 Å². The maximum Gasteiger partial charge on any atom is 0.232 e. The van der Waals surface area contributed by atoms with E-state index >= 15 is 0 Å². The zero-order valence-corrected chi connectivity index (χ0v) is 19.7. The highest BCUT2D eigenvalue weighted by molar-refractivity contribution is 7.92. The molecule has 1 aliphatic rings. The van der Waals surface area contributed by atoms with Crippen LogP contribution in [0.25, 0.3) is 11.1 Å². The van der Waals surface area contributed by atoms with E-state index < -0.39 is 10.0 Å². The molecule has 1 saturated heterocycles. The largest absolute Gasteiger partial charge is 0.369 e. The molecule has 5 nitrogen and oxygen atoms in total. The number of benzene rings is 2. The lowest BCUT2D eigenvalue weighted by molar-refractivity contribution is 0.271. The van der Waals surface area contributed by atoms with Gasteiger partial charge in [-0.3, -0.25) is 4.72 Å². The van der Waals surface area contributed by atoms with Gasteiger partial charge >= 0.3 is 0 Å². The van der Waals surface area contributed by atoms with Crippen LogP contribution in [-0.4, -0.2) is 51.8 Å². The summed E-state index contributed by atoms with van der Waals surface area (Å²) in [6, 6.07) is 12.2. The highest BCUT2D eigenvalue weighted by atomic mass is 35.5. The van der Waals surface area contributed by atoms with E-state index in [4.69, 9.17) is 11.6 Å². The Labute approximate surface area is 186 Å². The summed E-state index contributed by atoms with van der Waals surface area (Å²) >= 11 is 6.78. The fourth-order valence-corrected chi connectivity index (χ4v) is 5.41. The number of halogens is 1. The van der Waals surface area contributed by atoms with E-state index in [-0.39, 0.29) is 5.75 Å². The molecule has 0 amide bonds.